The van der Waals surface area contributed by atoms with Gasteiger partial charge < -0.3 is 15.4 Å². The van der Waals surface area contributed by atoms with Gasteiger partial charge in [0.05, 0.1) is 6.10 Å². The molecule has 1 atom stereocenters. The Morgan fingerprint density at radius 3 is 2.57 bits per heavy atom. The van der Waals surface area contributed by atoms with Crippen molar-refractivity contribution in [3.63, 3.8) is 0 Å². The van der Waals surface area contributed by atoms with E-state index in [1.807, 2.05) is 0 Å². The minimum absolute atomic E-state index is 0.105. The van der Waals surface area contributed by atoms with Gasteiger partial charge in [-0.25, -0.2) is 0 Å². The predicted octanol–water partition coefficient (Wildman–Crippen LogP) is 1.49. The average molecular weight is 288 g/mol. The molecule has 1 saturated carbocycles. The molecule has 1 unspecified atom stereocenters. The third-order valence-electron chi connectivity index (χ3n) is 3.81. The van der Waals surface area contributed by atoms with E-state index < -0.39 is 0 Å². The van der Waals surface area contributed by atoms with Crippen molar-refractivity contribution in [1.29, 1.82) is 0 Å². The van der Waals surface area contributed by atoms with Crippen LogP contribution in [0.1, 0.15) is 46.4 Å². The minimum Gasteiger partial charge on any atom is -0.376 e. The Kier molecular flexibility index (Phi) is 4.20. The predicted molar refractivity (Wildman–Crippen MR) is 78.2 cm³/mol. The highest BCUT2D eigenvalue weighted by Crippen LogP contribution is 2.19. The van der Waals surface area contributed by atoms with Crippen LogP contribution in [0.2, 0.25) is 0 Å². The van der Waals surface area contributed by atoms with Crippen LogP contribution in [0.3, 0.4) is 0 Å². The summed E-state index contributed by atoms with van der Waals surface area (Å²) < 4.78 is 5.47. The van der Waals surface area contributed by atoms with Crippen LogP contribution in [0.5, 0.6) is 0 Å². The fourth-order valence-corrected chi connectivity index (χ4v) is 2.41. The van der Waals surface area contributed by atoms with Gasteiger partial charge in [-0.05, 0) is 43.9 Å². The van der Waals surface area contributed by atoms with Gasteiger partial charge in [-0.3, -0.25) is 9.59 Å². The van der Waals surface area contributed by atoms with Crippen molar-refractivity contribution in [3.8, 4) is 0 Å². The van der Waals surface area contributed by atoms with Gasteiger partial charge in [0.2, 0.25) is 0 Å². The topological polar surface area (TPSA) is 67.4 Å². The fraction of sp³-hybridized carbons (Fsp3) is 0.500. The summed E-state index contributed by atoms with van der Waals surface area (Å²) in [5.74, 6) is -0.266. The van der Waals surface area contributed by atoms with E-state index in [1.54, 1.807) is 24.3 Å². The molecule has 2 amide bonds. The number of rotatable bonds is 5. The lowest BCUT2D eigenvalue weighted by atomic mass is 10.1. The molecule has 0 aromatic heterocycles. The average Bonchev–Trinajstić information content (AvgIpc) is 3.16. The third kappa shape index (κ3) is 3.82. The number of carbonyl (C=O) groups excluding carboxylic acids is 2. The third-order valence-corrected chi connectivity index (χ3v) is 3.81. The molecule has 1 aromatic rings. The van der Waals surface area contributed by atoms with Crippen molar-refractivity contribution in [3.05, 3.63) is 35.4 Å². The van der Waals surface area contributed by atoms with Crippen molar-refractivity contribution in [2.24, 2.45) is 0 Å². The van der Waals surface area contributed by atoms with Gasteiger partial charge in [0, 0.05) is 30.3 Å². The van der Waals surface area contributed by atoms with E-state index in [0.717, 1.165) is 32.3 Å². The molecule has 2 fully saturated rings. The van der Waals surface area contributed by atoms with Crippen LogP contribution in [0.25, 0.3) is 0 Å². The number of hydrogen-bond acceptors (Lipinski definition) is 3. The first kappa shape index (κ1) is 14.1. The minimum atomic E-state index is -0.161. The van der Waals surface area contributed by atoms with Crippen molar-refractivity contribution in [2.45, 2.75) is 37.8 Å². The van der Waals surface area contributed by atoms with Gasteiger partial charge in [-0.2, -0.15) is 0 Å². The number of carbonyl (C=O) groups is 2. The maximum atomic E-state index is 12.1. The van der Waals surface area contributed by atoms with E-state index in [1.165, 1.54) is 0 Å². The SMILES string of the molecule is O=C(NCC1CCCO1)c1cccc(C(=O)NC2CC2)c1. The van der Waals surface area contributed by atoms with E-state index in [4.69, 9.17) is 4.74 Å². The summed E-state index contributed by atoms with van der Waals surface area (Å²) in [6, 6.07) is 7.15. The number of nitrogens with one attached hydrogen (secondary N) is 2. The highest BCUT2D eigenvalue weighted by Gasteiger charge is 2.24. The smallest absolute Gasteiger partial charge is 0.251 e. The van der Waals surface area contributed by atoms with Crippen LogP contribution >= 0.6 is 0 Å². The van der Waals surface area contributed by atoms with Gasteiger partial charge >= 0.3 is 0 Å². The quantitative estimate of drug-likeness (QED) is 0.862. The molecule has 21 heavy (non-hydrogen) atoms. The zero-order valence-electron chi connectivity index (χ0n) is 11.9. The molecule has 1 aliphatic carbocycles. The molecule has 2 aliphatic rings. The first-order valence-electron chi connectivity index (χ1n) is 7.53. The van der Waals surface area contributed by atoms with Crippen LogP contribution in [-0.4, -0.2) is 37.1 Å². The molecule has 1 aliphatic heterocycles. The number of ether oxygens (including phenoxy) is 1. The van der Waals surface area contributed by atoms with Gasteiger partial charge in [-0.15, -0.1) is 0 Å². The largest absolute Gasteiger partial charge is 0.376 e. The van der Waals surface area contributed by atoms with E-state index in [0.29, 0.717) is 23.7 Å². The molecule has 5 nitrogen and oxygen atoms in total. The first-order chi connectivity index (χ1) is 10.2. The summed E-state index contributed by atoms with van der Waals surface area (Å²) in [7, 11) is 0. The Hall–Kier alpha value is -1.88. The molecule has 0 bridgehead atoms. The highest BCUT2D eigenvalue weighted by atomic mass is 16.5. The molecule has 0 spiro atoms. The Bertz CT molecular complexity index is 534. The van der Waals surface area contributed by atoms with Crippen LogP contribution in [0.4, 0.5) is 0 Å². The lowest BCUT2D eigenvalue weighted by molar-refractivity contribution is 0.0858. The molecule has 112 valence electrons. The lowest BCUT2D eigenvalue weighted by Gasteiger charge is -2.11. The molecular formula is C16H20N2O3. The number of benzene rings is 1. The summed E-state index contributed by atoms with van der Waals surface area (Å²) in [6.45, 7) is 1.30. The number of amides is 2. The second kappa shape index (κ2) is 6.26. The molecule has 1 heterocycles. The second-order valence-corrected chi connectivity index (χ2v) is 5.67. The molecule has 3 rings (SSSR count). The standard InChI is InChI=1S/C16H20N2O3/c19-15(17-10-14-5-2-8-21-14)11-3-1-4-12(9-11)16(20)18-13-6-7-13/h1,3-4,9,13-14H,2,5-8,10H2,(H,17,19)(H,18,20). The molecular weight excluding hydrogens is 268 g/mol. The van der Waals surface area contributed by atoms with Crippen molar-refractivity contribution < 1.29 is 14.3 Å². The van der Waals surface area contributed by atoms with Crippen molar-refractivity contribution in [2.75, 3.05) is 13.2 Å². The Balaban J connectivity index is 1.58. The summed E-state index contributed by atoms with van der Waals surface area (Å²) in [5.41, 5.74) is 1.04. The van der Waals surface area contributed by atoms with E-state index in [2.05, 4.69) is 10.6 Å². The van der Waals surface area contributed by atoms with Gasteiger partial charge in [-0.1, -0.05) is 6.07 Å². The van der Waals surface area contributed by atoms with Crippen LogP contribution in [0, 0.1) is 0 Å². The zero-order valence-corrected chi connectivity index (χ0v) is 11.9. The van der Waals surface area contributed by atoms with Crippen LogP contribution in [-0.2, 0) is 4.74 Å². The van der Waals surface area contributed by atoms with Crippen LogP contribution < -0.4 is 10.6 Å². The second-order valence-electron chi connectivity index (χ2n) is 5.67. The van der Waals surface area contributed by atoms with E-state index in [-0.39, 0.29) is 17.9 Å². The van der Waals surface area contributed by atoms with Gasteiger partial charge in [0.25, 0.3) is 11.8 Å². The Labute approximate surface area is 124 Å². The normalized spacial score (nSPS) is 21.0. The summed E-state index contributed by atoms with van der Waals surface area (Å²) in [5, 5.41) is 5.79. The Morgan fingerprint density at radius 2 is 1.90 bits per heavy atom. The monoisotopic (exact) mass is 288 g/mol. The maximum Gasteiger partial charge on any atom is 0.251 e. The molecule has 5 heteroatoms. The number of hydrogen-bond donors (Lipinski definition) is 2. The summed E-state index contributed by atoms with van der Waals surface area (Å²) >= 11 is 0. The van der Waals surface area contributed by atoms with Gasteiger partial charge in [0.15, 0.2) is 0 Å². The van der Waals surface area contributed by atoms with E-state index >= 15 is 0 Å². The molecule has 2 N–H and O–H groups in total. The maximum absolute atomic E-state index is 12.1. The Morgan fingerprint density at radius 1 is 1.14 bits per heavy atom. The molecule has 1 saturated heterocycles. The first-order valence-corrected chi connectivity index (χ1v) is 7.53. The van der Waals surface area contributed by atoms with Crippen LogP contribution in [0.15, 0.2) is 24.3 Å². The zero-order chi connectivity index (χ0) is 14.7. The molecule has 0 radical (unpaired) electrons. The van der Waals surface area contributed by atoms with E-state index in [9.17, 15) is 9.59 Å². The van der Waals surface area contributed by atoms with Crippen molar-refractivity contribution >= 4 is 11.8 Å². The fourth-order valence-electron chi connectivity index (χ4n) is 2.41. The summed E-state index contributed by atoms with van der Waals surface area (Å²) in [6.07, 6.45) is 4.26. The molecule has 1 aromatic carbocycles. The highest BCUT2D eigenvalue weighted by molar-refractivity contribution is 5.99. The van der Waals surface area contributed by atoms with Crippen molar-refractivity contribution in [1.82, 2.24) is 10.6 Å². The van der Waals surface area contributed by atoms with Gasteiger partial charge in [0.1, 0.15) is 0 Å². The lowest BCUT2D eigenvalue weighted by Crippen LogP contribution is -2.32. The summed E-state index contributed by atoms with van der Waals surface area (Å²) in [4.78, 5) is 24.1.